The predicted octanol–water partition coefficient (Wildman–Crippen LogP) is 2.97. The average molecular weight is 380 g/mol. The molecule has 0 bridgehead atoms. The van der Waals surface area contributed by atoms with Gasteiger partial charge in [-0.2, -0.15) is 5.26 Å². The zero-order chi connectivity index (χ0) is 20.3. The molecule has 6 nitrogen and oxygen atoms in total. The summed E-state index contributed by atoms with van der Waals surface area (Å²) in [5.74, 6) is -1.74. The number of rotatable bonds is 6. The van der Waals surface area contributed by atoms with E-state index in [-0.39, 0.29) is 36.2 Å². The maximum absolute atomic E-state index is 12.9. The summed E-state index contributed by atoms with van der Waals surface area (Å²) in [5, 5.41) is 8.99. The second-order valence-corrected chi connectivity index (χ2v) is 7.77. The van der Waals surface area contributed by atoms with Crippen molar-refractivity contribution in [2.45, 2.75) is 45.8 Å². The Morgan fingerprint density at radius 1 is 1.21 bits per heavy atom. The average Bonchev–Trinajstić information content (AvgIpc) is 2.95. The van der Waals surface area contributed by atoms with Crippen molar-refractivity contribution in [3.63, 3.8) is 0 Å². The molecule has 2 aliphatic rings. The number of allylic oxidation sites excluding steroid dienone is 2. The first-order valence-electron chi connectivity index (χ1n) is 9.60. The molecular weight excluding hydrogens is 356 g/mol. The molecule has 1 aliphatic heterocycles. The van der Waals surface area contributed by atoms with Gasteiger partial charge in [0.05, 0.1) is 23.5 Å². The van der Waals surface area contributed by atoms with Crippen LogP contribution < -0.4 is 0 Å². The Morgan fingerprint density at radius 3 is 2.43 bits per heavy atom. The molecule has 146 valence electrons. The quantitative estimate of drug-likeness (QED) is 0.430. The second-order valence-electron chi connectivity index (χ2n) is 7.77. The first-order valence-corrected chi connectivity index (χ1v) is 9.60. The van der Waals surface area contributed by atoms with Gasteiger partial charge in [0.15, 0.2) is 0 Å². The molecule has 2 amide bonds. The monoisotopic (exact) mass is 380 g/mol. The standard InChI is InChI=1S/C22H24N2O4/c1-14(2)10-19(22(27)28-13-16-7-5-6-15(11-16)12-23)24-20(25)17-8-3-4-9-18(17)21(24)26/h3-7,11,14,17-19H,8-10,13H2,1-2H3/t17-,18-,19-/m1/s1. The van der Waals surface area contributed by atoms with Crippen LogP contribution in [0, 0.1) is 29.1 Å². The fourth-order valence-corrected chi connectivity index (χ4v) is 3.87. The van der Waals surface area contributed by atoms with Crippen LogP contribution >= 0.6 is 0 Å². The predicted molar refractivity (Wildman–Crippen MR) is 101 cm³/mol. The molecule has 1 aliphatic carbocycles. The van der Waals surface area contributed by atoms with Gasteiger partial charge in [0.25, 0.3) is 0 Å². The first-order chi connectivity index (χ1) is 13.4. The molecule has 1 fully saturated rings. The van der Waals surface area contributed by atoms with Gasteiger partial charge in [-0.3, -0.25) is 14.5 Å². The number of likely N-dealkylation sites (tertiary alicyclic amines) is 1. The van der Waals surface area contributed by atoms with E-state index in [0.29, 0.717) is 30.4 Å². The highest BCUT2D eigenvalue weighted by Crippen LogP contribution is 2.37. The highest BCUT2D eigenvalue weighted by Gasteiger charge is 2.51. The van der Waals surface area contributed by atoms with E-state index < -0.39 is 12.0 Å². The Morgan fingerprint density at radius 2 is 1.86 bits per heavy atom. The largest absolute Gasteiger partial charge is 0.459 e. The molecule has 0 radical (unpaired) electrons. The molecule has 0 N–H and O–H groups in total. The third-order valence-electron chi connectivity index (χ3n) is 5.26. The van der Waals surface area contributed by atoms with Crippen molar-refractivity contribution in [2.24, 2.45) is 17.8 Å². The number of fused-ring (bicyclic) bond motifs is 1. The van der Waals surface area contributed by atoms with Crippen LogP contribution in [0.25, 0.3) is 0 Å². The number of imide groups is 1. The molecule has 1 aromatic rings. The lowest BCUT2D eigenvalue weighted by molar-refractivity contribution is -0.160. The number of nitriles is 1. The molecule has 1 heterocycles. The van der Waals surface area contributed by atoms with Crippen LogP contribution in [0.4, 0.5) is 0 Å². The Bertz CT molecular complexity index is 826. The van der Waals surface area contributed by atoms with Crippen molar-refractivity contribution in [1.29, 1.82) is 5.26 Å². The Hall–Kier alpha value is -2.94. The van der Waals surface area contributed by atoms with Crippen LogP contribution in [0.1, 0.15) is 44.2 Å². The van der Waals surface area contributed by atoms with Crippen LogP contribution in [0.5, 0.6) is 0 Å². The fourth-order valence-electron chi connectivity index (χ4n) is 3.87. The third kappa shape index (κ3) is 3.99. The molecule has 1 aromatic carbocycles. The first kappa shape index (κ1) is 19.8. The van der Waals surface area contributed by atoms with Gasteiger partial charge < -0.3 is 4.74 Å². The summed E-state index contributed by atoms with van der Waals surface area (Å²) in [6.07, 6.45) is 5.29. The molecule has 28 heavy (non-hydrogen) atoms. The topological polar surface area (TPSA) is 87.5 Å². The Balaban J connectivity index is 1.76. The second kappa shape index (κ2) is 8.39. The maximum Gasteiger partial charge on any atom is 0.329 e. The number of carbonyl (C=O) groups excluding carboxylic acids is 3. The van der Waals surface area contributed by atoms with Crippen LogP contribution in [0.15, 0.2) is 36.4 Å². The lowest BCUT2D eigenvalue weighted by Gasteiger charge is -2.26. The van der Waals surface area contributed by atoms with Crippen LogP contribution in [0.3, 0.4) is 0 Å². The molecule has 0 saturated carbocycles. The van der Waals surface area contributed by atoms with E-state index >= 15 is 0 Å². The number of hydrogen-bond donors (Lipinski definition) is 0. The smallest absolute Gasteiger partial charge is 0.329 e. The van der Waals surface area contributed by atoms with Gasteiger partial charge in [0.2, 0.25) is 11.8 Å². The van der Waals surface area contributed by atoms with Gasteiger partial charge in [0.1, 0.15) is 12.6 Å². The van der Waals surface area contributed by atoms with Crippen molar-refractivity contribution in [1.82, 2.24) is 4.90 Å². The molecule has 6 heteroatoms. The number of benzene rings is 1. The lowest BCUT2D eigenvalue weighted by Crippen LogP contribution is -2.47. The van der Waals surface area contributed by atoms with Crippen molar-refractivity contribution in [3.05, 3.63) is 47.5 Å². The molecule has 3 rings (SSSR count). The van der Waals surface area contributed by atoms with Crippen LogP contribution in [-0.4, -0.2) is 28.7 Å². The summed E-state index contributed by atoms with van der Waals surface area (Å²) in [4.78, 5) is 39.7. The molecular formula is C22H24N2O4. The summed E-state index contributed by atoms with van der Waals surface area (Å²) in [6, 6.07) is 7.94. The van der Waals surface area contributed by atoms with Gasteiger partial charge in [-0.05, 0) is 42.9 Å². The van der Waals surface area contributed by atoms with Crippen molar-refractivity contribution >= 4 is 17.8 Å². The fraction of sp³-hybridized carbons (Fsp3) is 0.455. The van der Waals surface area contributed by atoms with E-state index in [0.717, 1.165) is 4.90 Å². The highest BCUT2D eigenvalue weighted by atomic mass is 16.5. The van der Waals surface area contributed by atoms with Crippen molar-refractivity contribution < 1.29 is 19.1 Å². The third-order valence-corrected chi connectivity index (χ3v) is 5.26. The summed E-state index contributed by atoms with van der Waals surface area (Å²) in [5.41, 5.74) is 1.17. The van der Waals surface area contributed by atoms with Gasteiger partial charge in [-0.15, -0.1) is 0 Å². The number of ether oxygens (including phenoxy) is 1. The number of hydrogen-bond acceptors (Lipinski definition) is 5. The van der Waals surface area contributed by atoms with E-state index in [9.17, 15) is 14.4 Å². The van der Waals surface area contributed by atoms with Gasteiger partial charge in [0, 0.05) is 0 Å². The summed E-state index contributed by atoms with van der Waals surface area (Å²) in [7, 11) is 0. The zero-order valence-corrected chi connectivity index (χ0v) is 16.1. The normalized spacial score (nSPS) is 22.1. The Labute approximate surface area is 164 Å². The zero-order valence-electron chi connectivity index (χ0n) is 16.1. The molecule has 0 aromatic heterocycles. The van der Waals surface area contributed by atoms with E-state index in [4.69, 9.17) is 10.00 Å². The number of amides is 2. The molecule has 0 spiro atoms. The number of nitrogens with zero attached hydrogens (tertiary/aromatic N) is 2. The highest BCUT2D eigenvalue weighted by molar-refractivity contribution is 6.08. The van der Waals surface area contributed by atoms with E-state index in [1.54, 1.807) is 24.3 Å². The molecule has 0 unspecified atom stereocenters. The van der Waals surface area contributed by atoms with Crippen LogP contribution in [-0.2, 0) is 25.7 Å². The summed E-state index contributed by atoms with van der Waals surface area (Å²) < 4.78 is 5.44. The minimum atomic E-state index is -0.912. The number of carbonyl (C=O) groups is 3. The minimum Gasteiger partial charge on any atom is -0.459 e. The van der Waals surface area contributed by atoms with E-state index in [2.05, 4.69) is 0 Å². The van der Waals surface area contributed by atoms with Crippen LogP contribution in [0.2, 0.25) is 0 Å². The number of esters is 1. The summed E-state index contributed by atoms with van der Waals surface area (Å²) >= 11 is 0. The van der Waals surface area contributed by atoms with Gasteiger partial charge in [-0.25, -0.2) is 4.79 Å². The minimum absolute atomic E-state index is 0.00637. The van der Waals surface area contributed by atoms with Gasteiger partial charge in [-0.1, -0.05) is 38.1 Å². The maximum atomic E-state index is 12.9. The van der Waals surface area contributed by atoms with Crippen molar-refractivity contribution in [3.8, 4) is 6.07 Å². The lowest BCUT2D eigenvalue weighted by atomic mass is 9.85. The Kier molecular flexibility index (Phi) is 5.93. The SMILES string of the molecule is CC(C)C[C@H](C(=O)OCc1cccc(C#N)c1)N1C(=O)[C@@H]2CC=CC[C@H]2C1=O. The summed E-state index contributed by atoms with van der Waals surface area (Å²) in [6.45, 7) is 3.88. The van der Waals surface area contributed by atoms with Crippen molar-refractivity contribution in [2.75, 3.05) is 0 Å². The van der Waals surface area contributed by atoms with E-state index in [1.165, 1.54) is 0 Å². The van der Waals surface area contributed by atoms with Gasteiger partial charge >= 0.3 is 5.97 Å². The molecule has 1 saturated heterocycles. The molecule has 3 atom stereocenters. The van der Waals surface area contributed by atoms with E-state index in [1.807, 2.05) is 32.1 Å².